The van der Waals surface area contributed by atoms with E-state index in [9.17, 15) is 0 Å². The summed E-state index contributed by atoms with van der Waals surface area (Å²) >= 11 is 3.47. The van der Waals surface area contributed by atoms with Crippen molar-refractivity contribution in [3.8, 4) is 5.75 Å². The van der Waals surface area contributed by atoms with Crippen LogP contribution in [0.15, 0.2) is 53.3 Å². The highest BCUT2D eigenvalue weighted by atomic mass is 79.9. The van der Waals surface area contributed by atoms with E-state index in [0.29, 0.717) is 0 Å². The Morgan fingerprint density at radius 2 is 1.78 bits per heavy atom. The van der Waals surface area contributed by atoms with Gasteiger partial charge in [0.25, 0.3) is 0 Å². The van der Waals surface area contributed by atoms with Crippen LogP contribution in [0, 0.1) is 0 Å². The summed E-state index contributed by atoms with van der Waals surface area (Å²) < 4.78 is 14.1. The van der Waals surface area contributed by atoms with E-state index in [1.807, 2.05) is 42.7 Å². The van der Waals surface area contributed by atoms with Gasteiger partial charge in [0.15, 0.2) is 8.32 Å². The van der Waals surface area contributed by atoms with Gasteiger partial charge in [0.05, 0.1) is 6.10 Å². The molecule has 0 aliphatic heterocycles. The Morgan fingerprint density at radius 3 is 2.33 bits per heavy atom. The molecule has 0 unspecified atom stereocenters. The van der Waals surface area contributed by atoms with Crippen LogP contribution < -0.4 is 4.74 Å². The maximum atomic E-state index is 6.77. The molecule has 2 atom stereocenters. The first-order chi connectivity index (χ1) is 12.6. The van der Waals surface area contributed by atoms with Gasteiger partial charge in [-0.3, -0.25) is 4.98 Å². The zero-order chi connectivity index (χ0) is 20.1. The van der Waals surface area contributed by atoms with E-state index >= 15 is 0 Å². The molecule has 3 nitrogen and oxygen atoms in total. The summed E-state index contributed by atoms with van der Waals surface area (Å²) in [5.74, 6) is 0.871. The molecule has 27 heavy (non-hydrogen) atoms. The van der Waals surface area contributed by atoms with Gasteiger partial charge in [-0.1, -0.05) is 42.8 Å². The molecule has 5 heteroatoms. The number of halogens is 1. The van der Waals surface area contributed by atoms with Crippen LogP contribution in [0.4, 0.5) is 0 Å². The topological polar surface area (TPSA) is 31.4 Å². The average Bonchev–Trinajstić information content (AvgIpc) is 2.60. The lowest BCUT2D eigenvalue weighted by molar-refractivity contribution is 0.0500. The number of hydrogen-bond acceptors (Lipinski definition) is 3. The highest BCUT2D eigenvalue weighted by Crippen LogP contribution is 2.38. The molecule has 0 amide bonds. The number of ether oxygens (including phenoxy) is 1. The van der Waals surface area contributed by atoms with Crippen LogP contribution >= 0.6 is 15.9 Å². The number of aryl methyl sites for hydroxylation is 1. The van der Waals surface area contributed by atoms with Crippen molar-refractivity contribution in [2.24, 2.45) is 0 Å². The molecule has 0 N–H and O–H groups in total. The third-order valence-corrected chi connectivity index (χ3v) is 10.4. The molecule has 1 aromatic heterocycles. The van der Waals surface area contributed by atoms with Gasteiger partial charge in [-0.15, -0.1) is 0 Å². The van der Waals surface area contributed by atoms with E-state index in [4.69, 9.17) is 9.16 Å². The minimum Gasteiger partial charge on any atom is -0.488 e. The Labute approximate surface area is 173 Å². The summed E-state index contributed by atoms with van der Waals surface area (Å²) in [6.45, 7) is 13.5. The number of pyridine rings is 1. The minimum atomic E-state index is -1.90. The number of nitrogens with zero attached hydrogens (tertiary/aromatic N) is 1. The maximum Gasteiger partial charge on any atom is 0.192 e. The second-order valence-corrected chi connectivity index (χ2v) is 14.3. The molecule has 2 rings (SSSR count). The molecule has 0 aliphatic rings. The molecule has 0 bridgehead atoms. The van der Waals surface area contributed by atoms with Gasteiger partial charge in [-0.25, -0.2) is 0 Å². The Morgan fingerprint density at radius 1 is 1.11 bits per heavy atom. The smallest absolute Gasteiger partial charge is 0.192 e. The fourth-order valence-electron chi connectivity index (χ4n) is 2.60. The Kier molecular flexibility index (Phi) is 7.66. The Balaban J connectivity index is 2.12. The van der Waals surface area contributed by atoms with Crippen LogP contribution in [-0.4, -0.2) is 25.5 Å². The summed E-state index contributed by atoms with van der Waals surface area (Å²) in [5, 5.41) is 0.164. The second-order valence-electron chi connectivity index (χ2n) is 8.59. The lowest BCUT2D eigenvalue weighted by Gasteiger charge is -2.41. The van der Waals surface area contributed by atoms with E-state index in [0.717, 1.165) is 23.1 Å². The molecule has 1 heterocycles. The van der Waals surface area contributed by atoms with Crippen LogP contribution in [0.1, 0.15) is 39.7 Å². The first kappa shape index (κ1) is 22.1. The standard InChI is InChI=1S/C22H32BrNO2Si/c1-17(25-20-12-10-19(23)11-13-20)21(26-27(5,6)22(2,3)4)14-9-18-8-7-15-24-16-18/h7-8,10-13,15-17,21H,9,14H2,1-6H3/t17-,21+/m0/s1. The third kappa shape index (κ3) is 6.73. The van der Waals surface area contributed by atoms with E-state index in [-0.39, 0.29) is 17.2 Å². The lowest BCUT2D eigenvalue weighted by atomic mass is 10.1. The van der Waals surface area contributed by atoms with Gasteiger partial charge in [-0.2, -0.15) is 0 Å². The first-order valence-corrected chi connectivity index (χ1v) is 13.3. The second kappa shape index (κ2) is 9.35. The van der Waals surface area contributed by atoms with Crippen molar-refractivity contribution >= 4 is 24.2 Å². The van der Waals surface area contributed by atoms with Crippen molar-refractivity contribution in [3.05, 3.63) is 58.8 Å². The van der Waals surface area contributed by atoms with E-state index in [1.165, 1.54) is 5.56 Å². The molecule has 0 radical (unpaired) electrons. The zero-order valence-electron chi connectivity index (χ0n) is 17.3. The molecule has 1 aromatic carbocycles. The molecule has 0 fully saturated rings. The van der Waals surface area contributed by atoms with Crippen molar-refractivity contribution in [2.45, 2.75) is 70.9 Å². The van der Waals surface area contributed by atoms with Crippen LogP contribution in [0.5, 0.6) is 5.75 Å². The Hall–Kier alpha value is -1.17. The van der Waals surface area contributed by atoms with Crippen molar-refractivity contribution in [2.75, 3.05) is 0 Å². The highest BCUT2D eigenvalue weighted by molar-refractivity contribution is 9.10. The SMILES string of the molecule is C[C@H](Oc1ccc(Br)cc1)[C@@H](CCc1cccnc1)O[Si](C)(C)C(C)(C)C. The summed E-state index contributed by atoms with van der Waals surface area (Å²) in [5.41, 5.74) is 1.23. The van der Waals surface area contributed by atoms with Gasteiger partial charge < -0.3 is 9.16 Å². The van der Waals surface area contributed by atoms with Crippen molar-refractivity contribution < 1.29 is 9.16 Å². The highest BCUT2D eigenvalue weighted by Gasteiger charge is 2.40. The number of benzene rings is 1. The molecule has 2 aromatic rings. The van der Waals surface area contributed by atoms with Gasteiger partial charge in [0.1, 0.15) is 11.9 Å². The fourth-order valence-corrected chi connectivity index (χ4v) is 4.29. The van der Waals surface area contributed by atoms with Gasteiger partial charge in [0, 0.05) is 16.9 Å². The first-order valence-electron chi connectivity index (χ1n) is 9.57. The fraction of sp³-hybridized carbons (Fsp3) is 0.500. The van der Waals surface area contributed by atoms with Crippen molar-refractivity contribution in [3.63, 3.8) is 0 Å². The quantitative estimate of drug-likeness (QED) is 0.423. The van der Waals surface area contributed by atoms with Crippen LogP contribution in [0.3, 0.4) is 0 Å². The van der Waals surface area contributed by atoms with Crippen molar-refractivity contribution in [1.82, 2.24) is 4.98 Å². The number of rotatable bonds is 8. The number of hydrogen-bond donors (Lipinski definition) is 0. The van der Waals surface area contributed by atoms with E-state index < -0.39 is 8.32 Å². The van der Waals surface area contributed by atoms with Crippen molar-refractivity contribution in [1.29, 1.82) is 0 Å². The third-order valence-electron chi connectivity index (χ3n) is 5.35. The Bertz CT molecular complexity index is 699. The lowest BCUT2D eigenvalue weighted by Crippen LogP contribution is -2.47. The van der Waals surface area contributed by atoms with E-state index in [1.54, 1.807) is 0 Å². The summed E-state index contributed by atoms with van der Waals surface area (Å²) in [6.07, 6.45) is 5.60. The predicted molar refractivity (Wildman–Crippen MR) is 119 cm³/mol. The summed E-state index contributed by atoms with van der Waals surface area (Å²) in [7, 11) is -1.90. The molecule has 0 saturated carbocycles. The maximum absolute atomic E-state index is 6.77. The monoisotopic (exact) mass is 449 g/mol. The molecule has 0 saturated heterocycles. The van der Waals surface area contributed by atoms with Gasteiger partial charge in [0.2, 0.25) is 0 Å². The molecule has 148 valence electrons. The zero-order valence-corrected chi connectivity index (χ0v) is 19.9. The van der Waals surface area contributed by atoms with Crippen LogP contribution in [0.2, 0.25) is 18.1 Å². The van der Waals surface area contributed by atoms with Gasteiger partial charge in [-0.05, 0) is 73.8 Å². The van der Waals surface area contributed by atoms with Gasteiger partial charge >= 0.3 is 0 Å². The molecular weight excluding hydrogens is 418 g/mol. The minimum absolute atomic E-state index is 0.0306. The summed E-state index contributed by atoms with van der Waals surface area (Å²) in [4.78, 5) is 4.23. The summed E-state index contributed by atoms with van der Waals surface area (Å²) in [6, 6.07) is 12.1. The molecule has 0 spiro atoms. The predicted octanol–water partition coefficient (Wildman–Crippen LogP) is 6.63. The molecule has 0 aliphatic carbocycles. The number of aromatic nitrogens is 1. The average molecular weight is 450 g/mol. The largest absolute Gasteiger partial charge is 0.488 e. The van der Waals surface area contributed by atoms with Crippen LogP contribution in [0.25, 0.3) is 0 Å². The molecular formula is C22H32BrNO2Si. The van der Waals surface area contributed by atoms with E-state index in [2.05, 4.69) is 67.8 Å². The normalized spacial score (nSPS) is 14.6. The van der Waals surface area contributed by atoms with Crippen LogP contribution in [-0.2, 0) is 10.8 Å².